The lowest BCUT2D eigenvalue weighted by Gasteiger charge is -2.26. The molecule has 0 aliphatic heterocycles. The zero-order valence-corrected chi connectivity index (χ0v) is 15.4. The van der Waals surface area contributed by atoms with Gasteiger partial charge in [0.15, 0.2) is 0 Å². The molecule has 0 radical (unpaired) electrons. The van der Waals surface area contributed by atoms with Crippen molar-refractivity contribution in [2.75, 3.05) is 5.01 Å². The zero-order chi connectivity index (χ0) is 17.9. The van der Waals surface area contributed by atoms with Gasteiger partial charge in [-0.1, -0.05) is 71.7 Å². The summed E-state index contributed by atoms with van der Waals surface area (Å²) in [7, 11) is 0. The van der Waals surface area contributed by atoms with E-state index in [0.29, 0.717) is 23.1 Å². The molecule has 6 heteroatoms. The molecular weight excluding hydrogens is 367 g/mol. The molecule has 0 aliphatic rings. The first-order valence-corrected chi connectivity index (χ1v) is 8.97. The van der Waals surface area contributed by atoms with Crippen LogP contribution in [0.5, 0.6) is 0 Å². The highest BCUT2D eigenvalue weighted by Gasteiger charge is 2.12. The molecule has 4 rings (SSSR count). The summed E-state index contributed by atoms with van der Waals surface area (Å²) in [6.45, 7) is 1.30. The second-order valence-electron chi connectivity index (χ2n) is 6.04. The van der Waals surface area contributed by atoms with Gasteiger partial charge in [-0.3, -0.25) is 0 Å². The van der Waals surface area contributed by atoms with Crippen LogP contribution in [0.25, 0.3) is 10.8 Å². The van der Waals surface area contributed by atoms with E-state index in [0.717, 1.165) is 5.56 Å². The summed E-state index contributed by atoms with van der Waals surface area (Å²) in [5.41, 5.74) is 2.21. The van der Waals surface area contributed by atoms with Crippen molar-refractivity contribution in [2.45, 2.75) is 13.1 Å². The van der Waals surface area contributed by atoms with Gasteiger partial charge in [0.25, 0.3) is 0 Å². The van der Waals surface area contributed by atoms with Crippen LogP contribution in [0.2, 0.25) is 10.0 Å². The summed E-state index contributed by atoms with van der Waals surface area (Å²) in [4.78, 5) is 0. The van der Waals surface area contributed by atoms with Crippen molar-refractivity contribution in [1.82, 2.24) is 14.9 Å². The number of benzene rings is 3. The smallest absolute Gasteiger partial charge is 0.139 e. The van der Waals surface area contributed by atoms with Gasteiger partial charge in [-0.15, -0.1) is 10.2 Å². The van der Waals surface area contributed by atoms with Gasteiger partial charge in [-0.05, 0) is 34.0 Å². The minimum Gasteiger partial charge on any atom is -0.301 e. The number of rotatable bonds is 5. The first kappa shape index (κ1) is 16.9. The van der Waals surface area contributed by atoms with E-state index < -0.39 is 0 Å². The van der Waals surface area contributed by atoms with Crippen LogP contribution >= 0.6 is 23.2 Å². The fraction of sp³-hybridized carbons (Fsp3) is 0.100. The Hall–Kier alpha value is -2.56. The second-order valence-corrected chi connectivity index (χ2v) is 6.88. The van der Waals surface area contributed by atoms with Crippen molar-refractivity contribution < 1.29 is 0 Å². The van der Waals surface area contributed by atoms with Gasteiger partial charge in [0, 0.05) is 10.0 Å². The number of halogens is 2. The van der Waals surface area contributed by atoms with Crippen molar-refractivity contribution in [3.05, 3.63) is 94.5 Å². The lowest BCUT2D eigenvalue weighted by Crippen LogP contribution is -2.32. The van der Waals surface area contributed by atoms with E-state index in [-0.39, 0.29) is 0 Å². The van der Waals surface area contributed by atoms with E-state index in [9.17, 15) is 0 Å². The van der Waals surface area contributed by atoms with Gasteiger partial charge in [-0.25, -0.2) is 4.68 Å². The minimum absolute atomic E-state index is 0.608. The number of nitrogens with zero attached hydrogens (tertiary/aromatic N) is 4. The van der Waals surface area contributed by atoms with E-state index in [1.54, 1.807) is 18.7 Å². The highest BCUT2D eigenvalue weighted by Crippen LogP contribution is 2.24. The third-order valence-electron chi connectivity index (χ3n) is 4.33. The molecule has 0 bridgehead atoms. The Kier molecular flexibility index (Phi) is 4.78. The molecule has 0 amide bonds. The van der Waals surface area contributed by atoms with Crippen molar-refractivity contribution in [3.8, 4) is 0 Å². The Balaban J connectivity index is 1.70. The Morgan fingerprint density at radius 3 is 2.35 bits per heavy atom. The lowest BCUT2D eigenvalue weighted by molar-refractivity contribution is 0.576. The molecule has 0 aliphatic carbocycles. The largest absolute Gasteiger partial charge is 0.301 e. The molecule has 3 aromatic carbocycles. The second kappa shape index (κ2) is 7.36. The van der Waals surface area contributed by atoms with Crippen LogP contribution in [0, 0.1) is 0 Å². The summed E-state index contributed by atoms with van der Waals surface area (Å²) in [6.07, 6.45) is 3.38. The van der Waals surface area contributed by atoms with Crippen molar-refractivity contribution in [2.24, 2.45) is 0 Å². The summed E-state index contributed by atoms with van der Waals surface area (Å²) < 4.78 is 1.88. The first-order valence-electron chi connectivity index (χ1n) is 8.21. The highest BCUT2D eigenvalue weighted by atomic mass is 35.5. The quantitative estimate of drug-likeness (QED) is 0.482. The van der Waals surface area contributed by atoms with Gasteiger partial charge in [0.05, 0.1) is 13.1 Å². The Labute approximate surface area is 161 Å². The van der Waals surface area contributed by atoms with Gasteiger partial charge >= 0.3 is 0 Å². The molecule has 1 aromatic heterocycles. The molecule has 1 heterocycles. The summed E-state index contributed by atoms with van der Waals surface area (Å²) >= 11 is 12.4. The first-order chi connectivity index (χ1) is 12.7. The minimum atomic E-state index is 0.608. The molecule has 0 saturated heterocycles. The standard InChI is InChI=1S/C20H16Cl2N4/c21-18-9-8-17(20(22)10-18)12-25(26-13-23-24-14-26)11-16-6-3-5-15-4-1-2-7-19(15)16/h1-10,13-14H,11-12H2. The number of aromatic nitrogens is 3. The van der Waals surface area contributed by atoms with Crippen LogP contribution in [0.15, 0.2) is 73.3 Å². The van der Waals surface area contributed by atoms with E-state index in [1.165, 1.54) is 16.3 Å². The average molecular weight is 383 g/mol. The fourth-order valence-corrected chi connectivity index (χ4v) is 3.50. The van der Waals surface area contributed by atoms with Crippen molar-refractivity contribution >= 4 is 34.0 Å². The number of fused-ring (bicyclic) bond motifs is 1. The zero-order valence-electron chi connectivity index (χ0n) is 13.9. The molecule has 0 fully saturated rings. The Morgan fingerprint density at radius 1 is 0.808 bits per heavy atom. The molecule has 4 nitrogen and oxygen atoms in total. The third kappa shape index (κ3) is 3.52. The third-order valence-corrected chi connectivity index (χ3v) is 4.92. The van der Waals surface area contributed by atoms with Crippen molar-refractivity contribution in [1.29, 1.82) is 0 Å². The van der Waals surface area contributed by atoms with Crippen LogP contribution in [-0.2, 0) is 13.1 Å². The number of hydrogen-bond acceptors (Lipinski definition) is 3. The number of hydrogen-bond donors (Lipinski definition) is 0. The SMILES string of the molecule is Clc1ccc(CN(Cc2cccc3ccccc23)n2cnnc2)c(Cl)c1. The van der Waals surface area contributed by atoms with E-state index in [1.807, 2.05) is 16.8 Å². The molecule has 26 heavy (non-hydrogen) atoms. The molecule has 0 spiro atoms. The summed E-state index contributed by atoms with van der Waals surface area (Å²) in [5, 5.41) is 13.7. The van der Waals surface area contributed by atoms with Gasteiger partial charge in [-0.2, -0.15) is 0 Å². The van der Waals surface area contributed by atoms with Crippen LogP contribution in [0.4, 0.5) is 0 Å². The van der Waals surface area contributed by atoms with Crippen LogP contribution in [0.1, 0.15) is 11.1 Å². The maximum atomic E-state index is 6.38. The topological polar surface area (TPSA) is 34.0 Å². The van der Waals surface area contributed by atoms with Gasteiger partial charge in [0.2, 0.25) is 0 Å². The molecule has 4 aromatic rings. The van der Waals surface area contributed by atoms with Gasteiger partial charge in [0.1, 0.15) is 12.7 Å². The predicted octanol–water partition coefficient (Wildman–Crippen LogP) is 5.08. The molecule has 0 unspecified atom stereocenters. The van der Waals surface area contributed by atoms with E-state index in [2.05, 4.69) is 57.7 Å². The lowest BCUT2D eigenvalue weighted by atomic mass is 10.0. The highest BCUT2D eigenvalue weighted by molar-refractivity contribution is 6.35. The normalized spacial score (nSPS) is 11.0. The molecular formula is C20H16Cl2N4. The summed E-state index contributed by atoms with van der Waals surface area (Å²) in [6, 6.07) is 20.3. The van der Waals surface area contributed by atoms with Crippen molar-refractivity contribution in [3.63, 3.8) is 0 Å². The predicted molar refractivity (Wildman–Crippen MR) is 106 cm³/mol. The molecule has 130 valence electrons. The van der Waals surface area contributed by atoms with Crippen LogP contribution in [0.3, 0.4) is 0 Å². The van der Waals surface area contributed by atoms with Crippen LogP contribution in [-0.4, -0.2) is 14.9 Å². The maximum Gasteiger partial charge on any atom is 0.139 e. The monoisotopic (exact) mass is 382 g/mol. The fourth-order valence-electron chi connectivity index (χ4n) is 3.03. The van der Waals surface area contributed by atoms with Crippen LogP contribution < -0.4 is 5.01 Å². The average Bonchev–Trinajstić information content (AvgIpc) is 3.18. The van der Waals surface area contributed by atoms with Gasteiger partial charge < -0.3 is 5.01 Å². The molecule has 0 atom stereocenters. The Morgan fingerprint density at radius 2 is 1.54 bits per heavy atom. The summed E-state index contributed by atoms with van der Waals surface area (Å²) in [5.74, 6) is 0. The van der Waals surface area contributed by atoms with E-state index >= 15 is 0 Å². The maximum absolute atomic E-state index is 6.38. The molecule has 0 saturated carbocycles. The Bertz CT molecular complexity index is 1030. The van der Waals surface area contributed by atoms with E-state index in [4.69, 9.17) is 23.2 Å². The molecule has 0 N–H and O–H groups in total.